The van der Waals surface area contributed by atoms with Gasteiger partial charge in [-0.2, -0.15) is 0 Å². The summed E-state index contributed by atoms with van der Waals surface area (Å²) < 4.78 is 0. The minimum atomic E-state index is -1.16. The number of rotatable bonds is 35. The lowest BCUT2D eigenvalue weighted by molar-refractivity contribution is -0.124. The van der Waals surface area contributed by atoms with Gasteiger partial charge in [0.2, 0.25) is 5.91 Å². The molecule has 0 fully saturated rings. The Hall–Kier alpha value is -1.17. The third-order valence-corrected chi connectivity index (χ3v) is 9.03. The van der Waals surface area contributed by atoms with Crippen LogP contribution in [0.1, 0.15) is 200 Å². The van der Waals surface area contributed by atoms with E-state index < -0.39 is 18.2 Å². The van der Waals surface area contributed by atoms with E-state index >= 15 is 0 Å². The number of nitrogens with one attached hydrogen (secondary N) is 1. The molecule has 5 nitrogen and oxygen atoms in total. The molecule has 45 heavy (non-hydrogen) atoms. The molecule has 0 aliphatic heterocycles. The van der Waals surface area contributed by atoms with Crippen molar-refractivity contribution in [2.75, 3.05) is 6.61 Å². The molecule has 0 spiro atoms. The van der Waals surface area contributed by atoms with Gasteiger partial charge >= 0.3 is 0 Å². The van der Waals surface area contributed by atoms with E-state index in [0.717, 1.165) is 38.5 Å². The van der Waals surface area contributed by atoms with Gasteiger partial charge in [0.1, 0.15) is 6.10 Å². The number of allylic oxidation sites excluding steroid dienone is 4. The van der Waals surface area contributed by atoms with Gasteiger partial charge in [0.25, 0.3) is 0 Å². The Balaban J connectivity index is 3.72. The number of unbranched alkanes of at least 4 members (excludes halogenated alkanes) is 23. The molecule has 5 heteroatoms. The van der Waals surface area contributed by atoms with Crippen molar-refractivity contribution in [3.8, 4) is 0 Å². The van der Waals surface area contributed by atoms with Crippen molar-refractivity contribution in [2.45, 2.75) is 218 Å². The molecule has 4 N–H and O–H groups in total. The van der Waals surface area contributed by atoms with Gasteiger partial charge in [-0.15, -0.1) is 0 Å². The van der Waals surface area contributed by atoms with Crippen LogP contribution in [0.5, 0.6) is 0 Å². The number of carbonyl (C=O) groups excluding carboxylic acids is 1. The van der Waals surface area contributed by atoms with E-state index in [2.05, 4.69) is 43.5 Å². The van der Waals surface area contributed by atoms with Gasteiger partial charge in [0.05, 0.1) is 18.8 Å². The predicted octanol–water partition coefficient (Wildman–Crippen LogP) is 10.7. The highest BCUT2D eigenvalue weighted by atomic mass is 16.3. The van der Waals surface area contributed by atoms with Crippen molar-refractivity contribution in [1.29, 1.82) is 0 Å². The Bertz CT molecular complexity index is 665. The fourth-order valence-electron chi connectivity index (χ4n) is 5.92. The van der Waals surface area contributed by atoms with Crippen LogP contribution in [0.25, 0.3) is 0 Å². The van der Waals surface area contributed by atoms with E-state index in [4.69, 9.17) is 0 Å². The topological polar surface area (TPSA) is 89.8 Å². The van der Waals surface area contributed by atoms with Crippen molar-refractivity contribution >= 4 is 5.91 Å². The van der Waals surface area contributed by atoms with Crippen LogP contribution >= 0.6 is 0 Å². The predicted molar refractivity (Wildman–Crippen MR) is 195 cm³/mol. The fraction of sp³-hybridized carbons (Fsp3) is 0.875. The van der Waals surface area contributed by atoms with Crippen LogP contribution < -0.4 is 5.32 Å². The maximum absolute atomic E-state index is 12.4. The second-order valence-electron chi connectivity index (χ2n) is 13.5. The summed E-state index contributed by atoms with van der Waals surface area (Å²) in [5.74, 6) is -0.160. The highest BCUT2D eigenvalue weighted by Gasteiger charge is 2.26. The molecular formula is C40H77NO4. The zero-order valence-corrected chi connectivity index (χ0v) is 30.0. The molecule has 0 radical (unpaired) electrons. The number of carbonyl (C=O) groups is 1. The molecule has 0 saturated carbocycles. The molecule has 0 saturated heterocycles. The van der Waals surface area contributed by atoms with Crippen molar-refractivity contribution < 1.29 is 20.1 Å². The maximum atomic E-state index is 12.4. The summed E-state index contributed by atoms with van der Waals surface area (Å²) >= 11 is 0. The minimum Gasteiger partial charge on any atom is -0.394 e. The van der Waals surface area contributed by atoms with Crippen molar-refractivity contribution in [3.63, 3.8) is 0 Å². The Morgan fingerprint density at radius 2 is 0.889 bits per heavy atom. The Labute approximate surface area is 280 Å². The van der Waals surface area contributed by atoms with E-state index in [1.807, 2.05) is 0 Å². The first kappa shape index (κ1) is 43.8. The first-order valence-electron chi connectivity index (χ1n) is 19.6. The Morgan fingerprint density at radius 3 is 1.31 bits per heavy atom. The molecule has 0 aromatic rings. The SMILES string of the molecule is CCCCCC/C=C\CCCCCCCCCC(=O)NC(CO)C(O)C(O)CCC/C=C/CCCCCCCCCCCCC. The van der Waals surface area contributed by atoms with E-state index in [1.165, 1.54) is 135 Å². The molecule has 0 aromatic carbocycles. The number of aliphatic hydroxyl groups is 3. The van der Waals surface area contributed by atoms with Gasteiger partial charge in [-0.05, 0) is 64.2 Å². The standard InChI is InChI=1S/C40H77NO4/c1-3-5-7-9-11-13-15-17-19-21-22-24-26-28-30-32-34-38(43)40(45)37(36-42)41-39(44)35-33-31-29-27-25-23-20-18-16-14-12-10-8-6-4-2/h14,16,26,28,37-38,40,42-43,45H,3-13,15,17-25,27,29-36H2,1-2H3,(H,41,44)/b16-14-,28-26+. The van der Waals surface area contributed by atoms with E-state index in [9.17, 15) is 20.1 Å². The van der Waals surface area contributed by atoms with Crippen LogP contribution in [0.2, 0.25) is 0 Å². The molecule has 0 bridgehead atoms. The third kappa shape index (κ3) is 31.2. The van der Waals surface area contributed by atoms with Crippen LogP contribution in [-0.2, 0) is 4.79 Å². The Morgan fingerprint density at radius 1 is 0.533 bits per heavy atom. The highest BCUT2D eigenvalue weighted by molar-refractivity contribution is 5.76. The van der Waals surface area contributed by atoms with Crippen molar-refractivity contribution in [2.24, 2.45) is 0 Å². The average molecular weight is 636 g/mol. The lowest BCUT2D eigenvalue weighted by atomic mass is 10.0. The normalized spacial score (nSPS) is 14.0. The minimum absolute atomic E-state index is 0.160. The van der Waals surface area contributed by atoms with Crippen LogP contribution in [0.15, 0.2) is 24.3 Å². The molecule has 3 atom stereocenters. The largest absolute Gasteiger partial charge is 0.394 e. The van der Waals surface area contributed by atoms with Crippen LogP contribution in [0.4, 0.5) is 0 Å². The second-order valence-corrected chi connectivity index (χ2v) is 13.5. The van der Waals surface area contributed by atoms with Crippen LogP contribution in [0, 0.1) is 0 Å². The van der Waals surface area contributed by atoms with E-state index in [0.29, 0.717) is 12.8 Å². The summed E-state index contributed by atoms with van der Waals surface area (Å²) in [4.78, 5) is 12.4. The molecule has 0 aliphatic rings. The number of aliphatic hydroxyl groups excluding tert-OH is 3. The maximum Gasteiger partial charge on any atom is 0.220 e. The third-order valence-electron chi connectivity index (χ3n) is 9.03. The molecule has 0 aromatic heterocycles. The second kappa shape index (κ2) is 35.7. The first-order valence-corrected chi connectivity index (χ1v) is 19.6. The highest BCUT2D eigenvalue weighted by Crippen LogP contribution is 2.14. The molecule has 1 amide bonds. The van der Waals surface area contributed by atoms with Crippen molar-refractivity contribution in [1.82, 2.24) is 5.32 Å². The molecular weight excluding hydrogens is 558 g/mol. The zero-order chi connectivity index (χ0) is 33.1. The van der Waals surface area contributed by atoms with Gasteiger partial charge in [-0.3, -0.25) is 4.79 Å². The molecule has 0 aliphatic carbocycles. The quantitative estimate of drug-likeness (QED) is 0.0412. The average Bonchev–Trinajstić information content (AvgIpc) is 3.04. The Kier molecular flexibility index (Phi) is 34.8. The summed E-state index contributed by atoms with van der Waals surface area (Å²) in [5.41, 5.74) is 0. The van der Waals surface area contributed by atoms with Gasteiger partial charge in [0.15, 0.2) is 0 Å². The number of amides is 1. The smallest absolute Gasteiger partial charge is 0.220 e. The summed E-state index contributed by atoms with van der Waals surface area (Å²) in [6, 6.07) is -0.825. The summed E-state index contributed by atoms with van der Waals surface area (Å²) in [5, 5.41) is 33.4. The van der Waals surface area contributed by atoms with Gasteiger partial charge in [-0.25, -0.2) is 0 Å². The van der Waals surface area contributed by atoms with E-state index in [1.54, 1.807) is 0 Å². The fourth-order valence-corrected chi connectivity index (χ4v) is 5.92. The van der Waals surface area contributed by atoms with Gasteiger partial charge < -0.3 is 20.6 Å². The number of hydrogen-bond donors (Lipinski definition) is 4. The molecule has 266 valence electrons. The molecule has 0 heterocycles. The monoisotopic (exact) mass is 636 g/mol. The van der Waals surface area contributed by atoms with Gasteiger partial charge in [-0.1, -0.05) is 154 Å². The first-order chi connectivity index (χ1) is 22.1. The molecule has 3 unspecified atom stereocenters. The summed E-state index contributed by atoms with van der Waals surface area (Å²) in [7, 11) is 0. The number of hydrogen-bond acceptors (Lipinski definition) is 4. The van der Waals surface area contributed by atoms with Crippen LogP contribution in [-0.4, -0.2) is 46.1 Å². The molecule has 0 rings (SSSR count). The zero-order valence-electron chi connectivity index (χ0n) is 30.0. The lowest BCUT2D eigenvalue weighted by Gasteiger charge is -2.26. The van der Waals surface area contributed by atoms with Gasteiger partial charge in [0, 0.05) is 6.42 Å². The van der Waals surface area contributed by atoms with Crippen molar-refractivity contribution in [3.05, 3.63) is 24.3 Å². The summed E-state index contributed by atoms with van der Waals surface area (Å²) in [6.45, 7) is 4.14. The summed E-state index contributed by atoms with van der Waals surface area (Å²) in [6.07, 6.45) is 41.3. The van der Waals surface area contributed by atoms with Crippen LogP contribution in [0.3, 0.4) is 0 Å². The van der Waals surface area contributed by atoms with E-state index in [-0.39, 0.29) is 12.5 Å². The lowest BCUT2D eigenvalue weighted by Crippen LogP contribution is -2.50.